The lowest BCUT2D eigenvalue weighted by Gasteiger charge is -2.12. The zero-order chi connectivity index (χ0) is 10.8. The van der Waals surface area contributed by atoms with Gasteiger partial charge in [-0.1, -0.05) is 0 Å². The molecule has 3 nitrogen and oxygen atoms in total. The third-order valence-corrected chi connectivity index (χ3v) is 3.11. The highest BCUT2D eigenvalue weighted by molar-refractivity contribution is 9.10. The van der Waals surface area contributed by atoms with Crippen molar-refractivity contribution in [3.63, 3.8) is 0 Å². The number of nitrogens with zero attached hydrogens (tertiary/aromatic N) is 1. The summed E-state index contributed by atoms with van der Waals surface area (Å²) in [6.45, 7) is 2.06. The molecule has 1 heterocycles. The minimum absolute atomic E-state index is 0.0162. The van der Waals surface area contributed by atoms with E-state index in [9.17, 15) is 4.79 Å². The molecule has 1 aliphatic carbocycles. The molecular weight excluding hydrogens is 256 g/mol. The standard InChI is InChI=1S/C11H13BrN2O/c1-7(8-2-3-8)14-11(15)9-4-5-13-10(12)6-9/h4-8H,2-3H2,1H3,(H,14,15). The van der Waals surface area contributed by atoms with Crippen LogP contribution < -0.4 is 5.32 Å². The summed E-state index contributed by atoms with van der Waals surface area (Å²) < 4.78 is 0.689. The van der Waals surface area contributed by atoms with Crippen molar-refractivity contribution >= 4 is 21.8 Å². The minimum Gasteiger partial charge on any atom is -0.349 e. The van der Waals surface area contributed by atoms with Crippen LogP contribution in [0.25, 0.3) is 0 Å². The molecule has 1 N–H and O–H groups in total. The Morgan fingerprint density at radius 2 is 2.40 bits per heavy atom. The molecule has 0 radical (unpaired) electrons. The second-order valence-corrected chi connectivity index (χ2v) is 4.78. The van der Waals surface area contributed by atoms with Crippen LogP contribution in [-0.2, 0) is 0 Å². The highest BCUT2D eigenvalue weighted by atomic mass is 79.9. The van der Waals surface area contributed by atoms with E-state index in [1.807, 2.05) is 0 Å². The molecule has 1 fully saturated rings. The Morgan fingerprint density at radius 1 is 1.67 bits per heavy atom. The predicted octanol–water partition coefficient (Wildman–Crippen LogP) is 2.37. The summed E-state index contributed by atoms with van der Waals surface area (Å²) in [5.41, 5.74) is 0.657. The molecular formula is C11H13BrN2O. The predicted molar refractivity (Wildman–Crippen MR) is 61.6 cm³/mol. The second-order valence-electron chi connectivity index (χ2n) is 3.97. The first-order valence-corrected chi connectivity index (χ1v) is 5.88. The topological polar surface area (TPSA) is 42.0 Å². The SMILES string of the molecule is CC(NC(=O)c1ccnc(Br)c1)C1CC1. The Morgan fingerprint density at radius 3 is 3.00 bits per heavy atom. The summed E-state index contributed by atoms with van der Waals surface area (Å²) in [4.78, 5) is 15.8. The summed E-state index contributed by atoms with van der Waals surface area (Å²) in [5.74, 6) is 0.664. The van der Waals surface area contributed by atoms with E-state index in [1.54, 1.807) is 18.3 Å². The number of carbonyl (C=O) groups is 1. The first-order valence-electron chi connectivity index (χ1n) is 5.09. The van der Waals surface area contributed by atoms with Crippen LogP contribution in [-0.4, -0.2) is 16.9 Å². The van der Waals surface area contributed by atoms with Gasteiger partial charge in [0.1, 0.15) is 4.60 Å². The van der Waals surface area contributed by atoms with Gasteiger partial charge in [0.25, 0.3) is 5.91 Å². The maximum absolute atomic E-state index is 11.8. The lowest BCUT2D eigenvalue weighted by atomic mass is 10.2. The van der Waals surface area contributed by atoms with Gasteiger partial charge >= 0.3 is 0 Å². The van der Waals surface area contributed by atoms with Gasteiger partial charge in [0.15, 0.2) is 0 Å². The average Bonchev–Trinajstić information content (AvgIpc) is 3.00. The molecule has 1 saturated carbocycles. The van der Waals surface area contributed by atoms with Gasteiger partial charge in [0.05, 0.1) is 0 Å². The van der Waals surface area contributed by atoms with E-state index in [2.05, 4.69) is 33.2 Å². The maximum Gasteiger partial charge on any atom is 0.251 e. The lowest BCUT2D eigenvalue weighted by molar-refractivity contribution is 0.0935. The third kappa shape index (κ3) is 2.78. The smallest absolute Gasteiger partial charge is 0.251 e. The Kier molecular flexibility index (Phi) is 3.05. The molecule has 1 atom stereocenters. The lowest BCUT2D eigenvalue weighted by Crippen LogP contribution is -2.33. The van der Waals surface area contributed by atoms with Gasteiger partial charge in [-0.15, -0.1) is 0 Å². The van der Waals surface area contributed by atoms with E-state index in [0.717, 1.165) is 0 Å². The van der Waals surface area contributed by atoms with Crippen molar-refractivity contribution < 1.29 is 4.79 Å². The van der Waals surface area contributed by atoms with Crippen molar-refractivity contribution in [2.24, 2.45) is 5.92 Å². The number of pyridine rings is 1. The molecule has 1 aliphatic rings. The monoisotopic (exact) mass is 268 g/mol. The van der Waals surface area contributed by atoms with Crippen molar-refractivity contribution in [3.05, 3.63) is 28.5 Å². The minimum atomic E-state index is -0.0162. The fourth-order valence-electron chi connectivity index (χ4n) is 1.55. The molecule has 1 aromatic rings. The van der Waals surface area contributed by atoms with Gasteiger partial charge < -0.3 is 5.32 Å². The van der Waals surface area contributed by atoms with Crippen molar-refractivity contribution in [1.82, 2.24) is 10.3 Å². The molecule has 1 aromatic heterocycles. The van der Waals surface area contributed by atoms with Crippen LogP contribution in [0.2, 0.25) is 0 Å². The van der Waals surface area contributed by atoms with Gasteiger partial charge in [0.2, 0.25) is 0 Å². The molecule has 0 saturated heterocycles. The largest absolute Gasteiger partial charge is 0.349 e. The van der Waals surface area contributed by atoms with Crippen LogP contribution in [0.3, 0.4) is 0 Å². The maximum atomic E-state index is 11.8. The fourth-order valence-corrected chi connectivity index (χ4v) is 1.91. The van der Waals surface area contributed by atoms with E-state index in [1.165, 1.54) is 12.8 Å². The number of nitrogens with one attached hydrogen (secondary N) is 1. The normalized spacial score (nSPS) is 17.2. The van der Waals surface area contributed by atoms with Crippen LogP contribution in [0.5, 0.6) is 0 Å². The van der Waals surface area contributed by atoms with E-state index in [0.29, 0.717) is 16.1 Å². The quantitative estimate of drug-likeness (QED) is 0.856. The average molecular weight is 269 g/mol. The molecule has 0 bridgehead atoms. The first-order chi connectivity index (χ1) is 7.16. The molecule has 15 heavy (non-hydrogen) atoms. The van der Waals surface area contributed by atoms with Crippen molar-refractivity contribution in [2.45, 2.75) is 25.8 Å². The fraction of sp³-hybridized carbons (Fsp3) is 0.455. The van der Waals surface area contributed by atoms with Crippen LogP contribution in [0, 0.1) is 5.92 Å². The highest BCUT2D eigenvalue weighted by Crippen LogP contribution is 2.32. The van der Waals surface area contributed by atoms with Crippen LogP contribution >= 0.6 is 15.9 Å². The van der Waals surface area contributed by atoms with Gasteiger partial charge in [-0.2, -0.15) is 0 Å². The van der Waals surface area contributed by atoms with Crippen LogP contribution in [0.1, 0.15) is 30.1 Å². The molecule has 80 valence electrons. The number of aromatic nitrogens is 1. The zero-order valence-electron chi connectivity index (χ0n) is 8.53. The Balaban J connectivity index is 2.00. The molecule has 4 heteroatoms. The molecule has 0 aromatic carbocycles. The Labute approximate surface area is 97.4 Å². The molecule has 1 unspecified atom stereocenters. The number of hydrogen-bond donors (Lipinski definition) is 1. The van der Waals surface area contributed by atoms with E-state index in [-0.39, 0.29) is 11.9 Å². The van der Waals surface area contributed by atoms with E-state index < -0.39 is 0 Å². The van der Waals surface area contributed by atoms with Crippen LogP contribution in [0.15, 0.2) is 22.9 Å². The summed E-state index contributed by atoms with van der Waals surface area (Å²) in [6, 6.07) is 3.73. The zero-order valence-corrected chi connectivity index (χ0v) is 10.1. The van der Waals surface area contributed by atoms with Gasteiger partial charge in [-0.25, -0.2) is 4.98 Å². The summed E-state index contributed by atoms with van der Waals surface area (Å²) >= 11 is 3.25. The number of amides is 1. The summed E-state index contributed by atoms with van der Waals surface area (Å²) in [5, 5.41) is 3.00. The van der Waals surface area contributed by atoms with Crippen molar-refractivity contribution in [3.8, 4) is 0 Å². The van der Waals surface area contributed by atoms with Gasteiger partial charge in [0, 0.05) is 17.8 Å². The summed E-state index contributed by atoms with van der Waals surface area (Å²) in [7, 11) is 0. The molecule has 0 aliphatic heterocycles. The third-order valence-electron chi connectivity index (χ3n) is 2.68. The molecule has 0 spiro atoms. The first kappa shape index (κ1) is 10.6. The Bertz CT molecular complexity index is 377. The number of carbonyl (C=O) groups excluding carboxylic acids is 1. The highest BCUT2D eigenvalue weighted by Gasteiger charge is 2.29. The second kappa shape index (κ2) is 4.31. The van der Waals surface area contributed by atoms with E-state index >= 15 is 0 Å². The van der Waals surface area contributed by atoms with Crippen molar-refractivity contribution in [1.29, 1.82) is 0 Å². The number of rotatable bonds is 3. The summed E-state index contributed by atoms with van der Waals surface area (Å²) in [6.07, 6.45) is 4.10. The number of hydrogen-bond acceptors (Lipinski definition) is 2. The van der Waals surface area contributed by atoms with Gasteiger partial charge in [-0.3, -0.25) is 4.79 Å². The molecule has 1 amide bonds. The van der Waals surface area contributed by atoms with Crippen LogP contribution in [0.4, 0.5) is 0 Å². The number of halogens is 1. The van der Waals surface area contributed by atoms with Gasteiger partial charge in [-0.05, 0) is 53.7 Å². The Hall–Kier alpha value is -0.900. The molecule has 2 rings (SSSR count). The van der Waals surface area contributed by atoms with Crippen molar-refractivity contribution in [2.75, 3.05) is 0 Å². The van der Waals surface area contributed by atoms with E-state index in [4.69, 9.17) is 0 Å².